The maximum atomic E-state index is 15.6. The number of aromatic nitrogens is 3. The largest absolute Gasteiger partial charge is 0.386 e. The molecule has 1 aliphatic heterocycles. The fourth-order valence-electron chi connectivity index (χ4n) is 4.49. The van der Waals surface area contributed by atoms with Crippen LogP contribution in [0.15, 0.2) is 30.6 Å². The Kier molecular flexibility index (Phi) is 5.22. The van der Waals surface area contributed by atoms with Crippen molar-refractivity contribution in [3.63, 3.8) is 0 Å². The minimum Gasteiger partial charge on any atom is -0.386 e. The molecule has 1 saturated heterocycles. The number of aliphatic hydroxyl groups is 1. The number of carbonyl (C=O) groups is 1. The number of amides is 1. The standard InChI is InChI=1S/C24H28FN5O2/c1-24(2,32)20-19(29-23(31)17-5-3-4-16(27-17)14-6-7-14)13-30-12-18(28-22(30)21(20)25)15-8-10-26-11-9-15/h3-5,12-15,26,32H,6-11H2,1-2H3,(H,29,31). The van der Waals surface area contributed by atoms with Crippen LogP contribution in [-0.2, 0) is 5.60 Å². The van der Waals surface area contributed by atoms with Gasteiger partial charge in [-0.25, -0.2) is 14.4 Å². The fraction of sp³-hybridized carbons (Fsp3) is 0.458. The van der Waals surface area contributed by atoms with Gasteiger partial charge >= 0.3 is 0 Å². The minimum atomic E-state index is -1.52. The Morgan fingerprint density at radius 1 is 1.12 bits per heavy atom. The van der Waals surface area contributed by atoms with Gasteiger partial charge in [-0.05, 0) is 64.8 Å². The Hall–Kier alpha value is -2.84. The summed E-state index contributed by atoms with van der Waals surface area (Å²) in [6.45, 7) is 4.81. The molecular formula is C24H28FN5O2. The van der Waals surface area contributed by atoms with Crippen molar-refractivity contribution in [2.24, 2.45) is 0 Å². The lowest BCUT2D eigenvalue weighted by molar-refractivity contribution is 0.0753. The molecule has 0 spiro atoms. The molecule has 168 valence electrons. The van der Waals surface area contributed by atoms with E-state index in [4.69, 9.17) is 0 Å². The third-order valence-corrected chi connectivity index (χ3v) is 6.32. The van der Waals surface area contributed by atoms with Gasteiger partial charge in [0, 0.05) is 35.5 Å². The third-order valence-electron chi connectivity index (χ3n) is 6.32. The first-order chi connectivity index (χ1) is 15.3. The van der Waals surface area contributed by atoms with Crippen LogP contribution in [0.25, 0.3) is 5.65 Å². The van der Waals surface area contributed by atoms with Crippen LogP contribution >= 0.6 is 0 Å². The lowest BCUT2D eigenvalue weighted by atomic mass is 9.95. The van der Waals surface area contributed by atoms with Gasteiger partial charge in [0.05, 0.1) is 17.0 Å². The van der Waals surface area contributed by atoms with Crippen LogP contribution in [0.3, 0.4) is 0 Å². The molecule has 4 heterocycles. The summed E-state index contributed by atoms with van der Waals surface area (Å²) in [5.41, 5.74) is 0.871. The molecule has 1 aliphatic carbocycles. The van der Waals surface area contributed by atoms with Gasteiger partial charge in [-0.3, -0.25) is 4.79 Å². The Morgan fingerprint density at radius 2 is 1.84 bits per heavy atom. The van der Waals surface area contributed by atoms with Crippen LogP contribution < -0.4 is 10.6 Å². The molecule has 5 rings (SSSR count). The van der Waals surface area contributed by atoms with Crippen molar-refractivity contribution >= 4 is 17.2 Å². The second-order valence-corrected chi connectivity index (χ2v) is 9.39. The molecule has 3 aromatic rings. The predicted octanol–water partition coefficient (Wildman–Crippen LogP) is 3.69. The molecule has 3 N–H and O–H groups in total. The van der Waals surface area contributed by atoms with Crippen LogP contribution in [0.5, 0.6) is 0 Å². The molecule has 2 aliphatic rings. The summed E-state index contributed by atoms with van der Waals surface area (Å²) >= 11 is 0. The van der Waals surface area contributed by atoms with Crippen molar-refractivity contribution in [3.05, 3.63) is 59.1 Å². The summed E-state index contributed by atoms with van der Waals surface area (Å²) in [4.78, 5) is 22.0. The maximum absolute atomic E-state index is 15.6. The van der Waals surface area contributed by atoms with E-state index in [2.05, 4.69) is 20.6 Å². The van der Waals surface area contributed by atoms with Gasteiger partial charge in [-0.2, -0.15) is 0 Å². The molecule has 32 heavy (non-hydrogen) atoms. The van der Waals surface area contributed by atoms with Gasteiger partial charge in [0.15, 0.2) is 11.5 Å². The first-order valence-corrected chi connectivity index (χ1v) is 11.2. The highest BCUT2D eigenvalue weighted by atomic mass is 19.1. The lowest BCUT2D eigenvalue weighted by Gasteiger charge is -2.23. The quantitative estimate of drug-likeness (QED) is 0.566. The van der Waals surface area contributed by atoms with Crippen LogP contribution in [0, 0.1) is 5.82 Å². The van der Waals surface area contributed by atoms with Crippen LogP contribution in [0.2, 0.25) is 0 Å². The van der Waals surface area contributed by atoms with E-state index in [1.54, 1.807) is 16.7 Å². The normalized spacial score (nSPS) is 17.6. The van der Waals surface area contributed by atoms with Gasteiger partial charge in [-0.1, -0.05) is 6.07 Å². The number of rotatable bonds is 5. The summed E-state index contributed by atoms with van der Waals surface area (Å²) < 4.78 is 17.2. The van der Waals surface area contributed by atoms with Gasteiger partial charge in [-0.15, -0.1) is 0 Å². The summed E-state index contributed by atoms with van der Waals surface area (Å²) in [6, 6.07) is 5.39. The summed E-state index contributed by atoms with van der Waals surface area (Å²) in [6.07, 6.45) is 7.51. The Morgan fingerprint density at radius 3 is 2.53 bits per heavy atom. The average Bonchev–Trinajstić information content (AvgIpc) is 3.53. The first kappa shape index (κ1) is 21.0. The molecule has 0 unspecified atom stereocenters. The van der Waals surface area contributed by atoms with E-state index in [1.807, 2.05) is 18.3 Å². The van der Waals surface area contributed by atoms with Crippen LogP contribution in [-0.4, -0.2) is 38.5 Å². The maximum Gasteiger partial charge on any atom is 0.274 e. The molecular weight excluding hydrogens is 409 g/mol. The molecule has 0 aromatic carbocycles. The van der Waals surface area contributed by atoms with Crippen molar-refractivity contribution in [1.82, 2.24) is 19.7 Å². The zero-order valence-corrected chi connectivity index (χ0v) is 18.4. The number of anilines is 1. The zero-order valence-electron chi connectivity index (χ0n) is 18.4. The lowest BCUT2D eigenvalue weighted by Crippen LogP contribution is -2.26. The molecule has 7 nitrogen and oxygen atoms in total. The van der Waals surface area contributed by atoms with Gasteiger partial charge in [0.2, 0.25) is 0 Å². The number of nitrogens with zero attached hydrogens (tertiary/aromatic N) is 3. The van der Waals surface area contributed by atoms with Crippen molar-refractivity contribution < 1.29 is 14.3 Å². The number of piperidine rings is 1. The summed E-state index contributed by atoms with van der Waals surface area (Å²) in [7, 11) is 0. The highest BCUT2D eigenvalue weighted by molar-refractivity contribution is 6.03. The first-order valence-electron chi connectivity index (χ1n) is 11.2. The molecule has 2 fully saturated rings. The number of hydrogen-bond acceptors (Lipinski definition) is 5. The van der Waals surface area contributed by atoms with Crippen molar-refractivity contribution in [2.45, 2.75) is 57.0 Å². The van der Waals surface area contributed by atoms with E-state index >= 15 is 4.39 Å². The monoisotopic (exact) mass is 437 g/mol. The second-order valence-electron chi connectivity index (χ2n) is 9.39. The summed E-state index contributed by atoms with van der Waals surface area (Å²) in [5, 5.41) is 16.8. The Labute approximate surface area is 186 Å². The molecule has 1 saturated carbocycles. The van der Waals surface area contributed by atoms with Gasteiger partial charge in [0.1, 0.15) is 5.69 Å². The SMILES string of the molecule is CC(C)(O)c1c(NC(=O)c2cccc(C3CC3)n2)cn2cc(C3CCNCC3)nc2c1F. The third kappa shape index (κ3) is 4.00. The highest BCUT2D eigenvalue weighted by Gasteiger charge is 2.30. The molecule has 0 radical (unpaired) electrons. The van der Waals surface area contributed by atoms with E-state index in [-0.39, 0.29) is 28.5 Å². The smallest absolute Gasteiger partial charge is 0.274 e. The molecule has 3 aromatic heterocycles. The number of carbonyl (C=O) groups excluding carboxylic acids is 1. The van der Waals surface area contributed by atoms with E-state index in [9.17, 15) is 9.90 Å². The topological polar surface area (TPSA) is 91.5 Å². The van der Waals surface area contributed by atoms with Crippen molar-refractivity contribution in [2.75, 3.05) is 18.4 Å². The number of hydrogen-bond donors (Lipinski definition) is 3. The molecule has 8 heteroatoms. The van der Waals surface area contributed by atoms with E-state index < -0.39 is 17.3 Å². The Balaban J connectivity index is 1.53. The molecule has 1 amide bonds. The number of imidazole rings is 1. The van der Waals surface area contributed by atoms with Crippen molar-refractivity contribution in [3.8, 4) is 0 Å². The van der Waals surface area contributed by atoms with Gasteiger partial charge in [0.25, 0.3) is 5.91 Å². The number of halogens is 1. The Bertz CT molecular complexity index is 1170. The molecule has 0 atom stereocenters. The predicted molar refractivity (Wildman–Crippen MR) is 119 cm³/mol. The van der Waals surface area contributed by atoms with Crippen LogP contribution in [0.1, 0.15) is 78.8 Å². The fourth-order valence-corrected chi connectivity index (χ4v) is 4.49. The zero-order chi connectivity index (χ0) is 22.5. The number of nitrogens with one attached hydrogen (secondary N) is 2. The summed E-state index contributed by atoms with van der Waals surface area (Å²) in [5.74, 6) is -0.387. The second kappa shape index (κ2) is 7.94. The minimum absolute atomic E-state index is 0.0131. The molecule has 0 bridgehead atoms. The van der Waals surface area contributed by atoms with E-state index in [0.717, 1.165) is 50.2 Å². The van der Waals surface area contributed by atoms with Crippen molar-refractivity contribution in [1.29, 1.82) is 0 Å². The van der Waals surface area contributed by atoms with Crippen LogP contribution in [0.4, 0.5) is 10.1 Å². The number of pyridine rings is 2. The number of fused-ring (bicyclic) bond motifs is 1. The van der Waals surface area contributed by atoms with E-state index in [0.29, 0.717) is 5.92 Å². The highest BCUT2D eigenvalue weighted by Crippen LogP contribution is 2.39. The van der Waals surface area contributed by atoms with Gasteiger partial charge < -0.3 is 20.1 Å². The average molecular weight is 438 g/mol. The van der Waals surface area contributed by atoms with E-state index in [1.165, 1.54) is 13.8 Å².